The number of benzene rings is 3. The van der Waals surface area contributed by atoms with Gasteiger partial charge in [0.05, 0.1) is 0 Å². The van der Waals surface area contributed by atoms with Crippen LogP contribution in [0.3, 0.4) is 0 Å². The zero-order valence-electron chi connectivity index (χ0n) is 17.6. The Balaban J connectivity index is 1.66. The quantitative estimate of drug-likeness (QED) is 0.475. The van der Waals surface area contributed by atoms with Gasteiger partial charge in [0.15, 0.2) is 0 Å². The van der Waals surface area contributed by atoms with Gasteiger partial charge in [0, 0.05) is 39.8 Å². The number of halogens is 1. The Bertz CT molecular complexity index is 1090. The molecule has 0 aliphatic carbocycles. The van der Waals surface area contributed by atoms with Gasteiger partial charge in [-0.1, -0.05) is 53.2 Å². The molecular formula is C26H25BrN2O2. The van der Waals surface area contributed by atoms with Gasteiger partial charge in [-0.2, -0.15) is 0 Å². The van der Waals surface area contributed by atoms with Crippen LogP contribution in [0, 0.1) is 0 Å². The number of nitrogens with one attached hydrogen (secondary N) is 1. The normalized spacial score (nSPS) is 17.7. The summed E-state index contributed by atoms with van der Waals surface area (Å²) in [5.41, 5.74) is 4.78. The molecule has 0 aromatic heterocycles. The molecule has 158 valence electrons. The van der Waals surface area contributed by atoms with Crippen molar-refractivity contribution in [1.29, 1.82) is 0 Å². The highest BCUT2D eigenvalue weighted by Crippen LogP contribution is 2.42. The highest BCUT2D eigenvalue weighted by molar-refractivity contribution is 9.10. The minimum atomic E-state index is 0.00600. The standard InChI is InChI=1S/C26H25BrN2O2/c1-3-25(30)28-21-14-10-18(11-15-21)23-16-17(2)29(24-7-5-4-6-22(23)24)26(31)19-8-12-20(27)13-9-19/h4-15,17,23H,3,16H2,1-2H3,(H,28,30). The van der Waals surface area contributed by atoms with Crippen LogP contribution in [0.5, 0.6) is 0 Å². The molecule has 4 nitrogen and oxygen atoms in total. The number of hydrogen-bond donors (Lipinski definition) is 1. The first-order chi connectivity index (χ1) is 15.0. The van der Waals surface area contributed by atoms with Crippen molar-refractivity contribution in [1.82, 2.24) is 0 Å². The number of rotatable bonds is 4. The van der Waals surface area contributed by atoms with E-state index in [1.807, 2.05) is 66.4 Å². The number of nitrogens with zero attached hydrogens (tertiary/aromatic N) is 1. The third-order valence-electron chi connectivity index (χ3n) is 5.82. The van der Waals surface area contributed by atoms with E-state index in [2.05, 4.69) is 46.4 Å². The lowest BCUT2D eigenvalue weighted by Crippen LogP contribution is -2.43. The van der Waals surface area contributed by atoms with Crippen molar-refractivity contribution in [3.8, 4) is 0 Å². The van der Waals surface area contributed by atoms with Crippen molar-refractivity contribution < 1.29 is 9.59 Å². The molecule has 2 atom stereocenters. The number of carbonyl (C=O) groups is 2. The molecule has 0 spiro atoms. The summed E-state index contributed by atoms with van der Waals surface area (Å²) in [6.07, 6.45) is 1.29. The van der Waals surface area contributed by atoms with E-state index in [-0.39, 0.29) is 23.8 Å². The first-order valence-electron chi connectivity index (χ1n) is 10.6. The monoisotopic (exact) mass is 476 g/mol. The molecule has 5 heteroatoms. The van der Waals surface area contributed by atoms with Crippen LogP contribution in [0.1, 0.15) is 54.1 Å². The summed E-state index contributed by atoms with van der Waals surface area (Å²) in [5, 5.41) is 2.90. The lowest BCUT2D eigenvalue weighted by Gasteiger charge is -2.39. The Morgan fingerprint density at radius 1 is 1.00 bits per heavy atom. The van der Waals surface area contributed by atoms with E-state index < -0.39 is 0 Å². The predicted octanol–water partition coefficient (Wildman–Crippen LogP) is 6.37. The lowest BCUT2D eigenvalue weighted by molar-refractivity contribution is -0.115. The van der Waals surface area contributed by atoms with Crippen LogP contribution in [-0.2, 0) is 4.79 Å². The molecule has 1 aliphatic rings. The van der Waals surface area contributed by atoms with Gasteiger partial charge in [0.1, 0.15) is 0 Å². The molecule has 2 unspecified atom stereocenters. The van der Waals surface area contributed by atoms with E-state index >= 15 is 0 Å². The summed E-state index contributed by atoms with van der Waals surface area (Å²) < 4.78 is 0.954. The SMILES string of the molecule is CCC(=O)Nc1ccc(C2CC(C)N(C(=O)c3ccc(Br)cc3)c3ccccc32)cc1. The number of amides is 2. The second kappa shape index (κ2) is 9.06. The molecule has 4 rings (SSSR count). The first kappa shape index (κ1) is 21.3. The van der Waals surface area contributed by atoms with Crippen LogP contribution in [0.15, 0.2) is 77.3 Å². The molecule has 1 N–H and O–H groups in total. The fourth-order valence-electron chi connectivity index (χ4n) is 4.22. The summed E-state index contributed by atoms with van der Waals surface area (Å²) in [5.74, 6) is 0.214. The van der Waals surface area contributed by atoms with Gasteiger partial charge in [0.2, 0.25) is 5.91 Å². The van der Waals surface area contributed by atoms with Gasteiger partial charge in [-0.15, -0.1) is 0 Å². The Morgan fingerprint density at radius 3 is 2.35 bits per heavy atom. The zero-order chi connectivity index (χ0) is 22.0. The number of para-hydroxylation sites is 1. The highest BCUT2D eigenvalue weighted by atomic mass is 79.9. The molecule has 0 fully saturated rings. The van der Waals surface area contributed by atoms with Crippen molar-refractivity contribution in [3.05, 3.63) is 94.0 Å². The topological polar surface area (TPSA) is 49.4 Å². The molecule has 31 heavy (non-hydrogen) atoms. The van der Waals surface area contributed by atoms with E-state index in [0.717, 1.165) is 27.8 Å². The third-order valence-corrected chi connectivity index (χ3v) is 6.35. The largest absolute Gasteiger partial charge is 0.326 e. The Labute approximate surface area is 191 Å². The van der Waals surface area contributed by atoms with E-state index in [1.54, 1.807) is 0 Å². The van der Waals surface area contributed by atoms with Gasteiger partial charge in [-0.05, 0) is 66.9 Å². The van der Waals surface area contributed by atoms with E-state index in [0.29, 0.717) is 12.0 Å². The van der Waals surface area contributed by atoms with Crippen LogP contribution >= 0.6 is 15.9 Å². The van der Waals surface area contributed by atoms with Crippen LogP contribution < -0.4 is 10.2 Å². The summed E-state index contributed by atoms with van der Waals surface area (Å²) in [6.45, 7) is 3.95. The number of hydrogen-bond acceptors (Lipinski definition) is 2. The highest BCUT2D eigenvalue weighted by Gasteiger charge is 2.34. The van der Waals surface area contributed by atoms with Gasteiger partial charge >= 0.3 is 0 Å². The average Bonchev–Trinajstić information content (AvgIpc) is 2.79. The van der Waals surface area contributed by atoms with Crippen molar-refractivity contribution in [3.63, 3.8) is 0 Å². The summed E-state index contributed by atoms with van der Waals surface area (Å²) >= 11 is 3.44. The summed E-state index contributed by atoms with van der Waals surface area (Å²) in [4.78, 5) is 27.0. The van der Waals surface area contributed by atoms with Gasteiger partial charge in [0.25, 0.3) is 5.91 Å². The van der Waals surface area contributed by atoms with Crippen molar-refractivity contribution >= 4 is 39.1 Å². The second-order valence-electron chi connectivity index (χ2n) is 7.90. The molecule has 0 radical (unpaired) electrons. The molecule has 3 aromatic rings. The second-order valence-corrected chi connectivity index (χ2v) is 8.82. The van der Waals surface area contributed by atoms with Crippen LogP contribution in [-0.4, -0.2) is 17.9 Å². The maximum Gasteiger partial charge on any atom is 0.258 e. The fourth-order valence-corrected chi connectivity index (χ4v) is 4.48. The fraction of sp³-hybridized carbons (Fsp3) is 0.231. The third kappa shape index (κ3) is 4.42. The van der Waals surface area contributed by atoms with Crippen molar-refractivity contribution in [2.24, 2.45) is 0 Å². The minimum absolute atomic E-state index is 0.00600. The van der Waals surface area contributed by atoms with Gasteiger partial charge < -0.3 is 10.2 Å². The number of fused-ring (bicyclic) bond motifs is 1. The van der Waals surface area contributed by atoms with Crippen LogP contribution in [0.4, 0.5) is 11.4 Å². The molecule has 1 aliphatic heterocycles. The minimum Gasteiger partial charge on any atom is -0.326 e. The molecule has 0 saturated heterocycles. The van der Waals surface area contributed by atoms with E-state index in [1.165, 1.54) is 5.56 Å². The molecule has 0 bridgehead atoms. The Kier molecular flexibility index (Phi) is 6.23. The average molecular weight is 477 g/mol. The number of anilines is 2. The maximum atomic E-state index is 13.4. The van der Waals surface area contributed by atoms with Crippen LogP contribution in [0.25, 0.3) is 0 Å². The molecule has 2 amide bonds. The van der Waals surface area contributed by atoms with Crippen molar-refractivity contribution in [2.75, 3.05) is 10.2 Å². The first-order valence-corrected chi connectivity index (χ1v) is 11.3. The maximum absolute atomic E-state index is 13.4. The molecular weight excluding hydrogens is 452 g/mol. The summed E-state index contributed by atoms with van der Waals surface area (Å²) in [6, 6.07) is 23.8. The van der Waals surface area contributed by atoms with E-state index in [4.69, 9.17) is 0 Å². The smallest absolute Gasteiger partial charge is 0.258 e. The zero-order valence-corrected chi connectivity index (χ0v) is 19.2. The summed E-state index contributed by atoms with van der Waals surface area (Å²) in [7, 11) is 0. The molecule has 0 saturated carbocycles. The Hall–Kier alpha value is -2.92. The number of carbonyl (C=O) groups excluding carboxylic acids is 2. The lowest BCUT2D eigenvalue weighted by atomic mass is 9.81. The van der Waals surface area contributed by atoms with E-state index in [9.17, 15) is 9.59 Å². The van der Waals surface area contributed by atoms with Gasteiger partial charge in [-0.25, -0.2) is 0 Å². The van der Waals surface area contributed by atoms with Crippen LogP contribution in [0.2, 0.25) is 0 Å². The van der Waals surface area contributed by atoms with Crippen molar-refractivity contribution in [2.45, 2.75) is 38.6 Å². The molecule has 1 heterocycles. The predicted molar refractivity (Wildman–Crippen MR) is 129 cm³/mol. The molecule has 3 aromatic carbocycles. The van der Waals surface area contributed by atoms with Gasteiger partial charge in [-0.3, -0.25) is 9.59 Å². The Morgan fingerprint density at radius 2 is 1.68 bits per heavy atom.